The van der Waals surface area contributed by atoms with Crippen LogP contribution in [0.3, 0.4) is 0 Å². The minimum absolute atomic E-state index is 0.292. The summed E-state index contributed by atoms with van der Waals surface area (Å²) in [6.45, 7) is 16.9. The van der Waals surface area contributed by atoms with Crippen molar-refractivity contribution in [1.29, 1.82) is 0 Å². The maximum Gasteiger partial charge on any atom is 0.407 e. The standard InChI is InChI=1S/2C27H37N3O4/c2*1-5-33-25(31)23-17-29-30(24(23)19-12-13-19)22-11-7-10-21(15-22)20-9-6-8-18(14-20)16-28-26(32)34-27(2,3)4/h2*7,10-11,15,17-20H,5-6,8-9,12-14,16H2,1-4H3,(H,28,32)/t18-,20+;18-,20-/m01/s1. The number of alkyl carbamates (subject to hydrolysis) is 2. The van der Waals surface area contributed by atoms with E-state index >= 15 is 0 Å². The van der Waals surface area contributed by atoms with Gasteiger partial charge in [0.15, 0.2) is 0 Å². The van der Waals surface area contributed by atoms with E-state index in [2.05, 4.69) is 69.4 Å². The maximum atomic E-state index is 12.5. The van der Waals surface area contributed by atoms with E-state index < -0.39 is 11.2 Å². The van der Waals surface area contributed by atoms with E-state index in [1.54, 1.807) is 12.4 Å². The second-order valence-electron chi connectivity index (χ2n) is 21.1. The fraction of sp³-hybridized carbons (Fsp3) is 0.593. The van der Waals surface area contributed by atoms with Crippen molar-refractivity contribution in [3.8, 4) is 11.4 Å². The van der Waals surface area contributed by atoms with Gasteiger partial charge in [0.05, 0.1) is 48.4 Å². The zero-order valence-electron chi connectivity index (χ0n) is 41.6. The SMILES string of the molecule is CCOC(=O)c1cnn(-c2cccc([C@@H]3CCC[C@@H](CNC(=O)OC(C)(C)C)C3)c2)c1C1CC1.CCOC(=O)c1cnn(-c2cccc([C@@H]3CCC[C@H](CNC(=O)OC(C)(C)C)C3)c2)c1C1CC1. The molecular weight excluding hydrogens is 861 g/mol. The summed E-state index contributed by atoms with van der Waals surface area (Å²) in [5, 5.41) is 15.1. The summed E-state index contributed by atoms with van der Waals surface area (Å²) in [5.74, 6) is 1.87. The molecule has 2 N–H and O–H groups in total. The van der Waals surface area contributed by atoms with Crippen LogP contribution >= 0.6 is 0 Å². The lowest BCUT2D eigenvalue weighted by molar-refractivity contribution is 0.0503. The lowest BCUT2D eigenvalue weighted by Crippen LogP contribution is -2.36. The number of esters is 2. The molecule has 2 aromatic heterocycles. The molecule has 0 aliphatic heterocycles. The van der Waals surface area contributed by atoms with Crippen LogP contribution in [0, 0.1) is 11.8 Å². The molecule has 0 saturated heterocycles. The summed E-state index contributed by atoms with van der Waals surface area (Å²) in [4.78, 5) is 49.1. The van der Waals surface area contributed by atoms with Gasteiger partial charge < -0.3 is 29.6 Å². The van der Waals surface area contributed by atoms with Gasteiger partial charge in [0, 0.05) is 24.9 Å². The van der Waals surface area contributed by atoms with Crippen LogP contribution in [-0.2, 0) is 18.9 Å². The van der Waals surface area contributed by atoms with Crippen LogP contribution < -0.4 is 10.6 Å². The summed E-state index contributed by atoms with van der Waals surface area (Å²) >= 11 is 0. The highest BCUT2D eigenvalue weighted by molar-refractivity contribution is 5.91. The van der Waals surface area contributed by atoms with Gasteiger partial charge in [-0.25, -0.2) is 28.5 Å². The number of ether oxygens (including phenoxy) is 4. The molecule has 0 unspecified atom stereocenters. The lowest BCUT2D eigenvalue weighted by atomic mass is 9.78. The van der Waals surface area contributed by atoms with Crippen molar-refractivity contribution in [2.24, 2.45) is 11.8 Å². The summed E-state index contributed by atoms with van der Waals surface area (Å²) < 4.78 is 25.1. The average molecular weight is 935 g/mol. The third-order valence-electron chi connectivity index (χ3n) is 13.1. The molecule has 2 heterocycles. The predicted octanol–water partition coefficient (Wildman–Crippen LogP) is 11.4. The van der Waals surface area contributed by atoms with E-state index in [-0.39, 0.29) is 24.1 Å². The number of benzene rings is 2. The zero-order chi connectivity index (χ0) is 48.6. The van der Waals surface area contributed by atoms with Gasteiger partial charge in [-0.1, -0.05) is 37.1 Å². The Labute approximate surface area is 402 Å². The van der Waals surface area contributed by atoms with E-state index in [0.717, 1.165) is 99.8 Å². The Morgan fingerprint density at radius 2 is 0.971 bits per heavy atom. The lowest BCUT2D eigenvalue weighted by Gasteiger charge is -2.30. The van der Waals surface area contributed by atoms with E-state index in [1.807, 2.05) is 64.8 Å². The van der Waals surface area contributed by atoms with Gasteiger partial charge in [-0.3, -0.25) is 0 Å². The molecule has 0 radical (unpaired) electrons. The molecule has 0 bridgehead atoms. The number of carbonyl (C=O) groups excluding carboxylic acids is 4. The quantitative estimate of drug-likeness (QED) is 0.0918. The first-order valence-electron chi connectivity index (χ1n) is 25.1. The highest BCUT2D eigenvalue weighted by atomic mass is 16.6. The minimum Gasteiger partial charge on any atom is -0.462 e. The van der Waals surface area contributed by atoms with Crippen LogP contribution in [0.15, 0.2) is 60.9 Å². The molecule has 14 nitrogen and oxygen atoms in total. The number of rotatable bonds is 14. The summed E-state index contributed by atoms with van der Waals surface area (Å²) in [5.41, 5.74) is 6.69. The molecule has 68 heavy (non-hydrogen) atoms. The fourth-order valence-electron chi connectivity index (χ4n) is 9.82. The van der Waals surface area contributed by atoms with Gasteiger partial charge in [-0.05, 0) is 179 Å². The van der Waals surface area contributed by atoms with Crippen molar-refractivity contribution in [3.63, 3.8) is 0 Å². The predicted molar refractivity (Wildman–Crippen MR) is 261 cm³/mol. The molecule has 8 rings (SSSR count). The number of hydrogen-bond donors (Lipinski definition) is 2. The van der Waals surface area contributed by atoms with E-state index in [4.69, 9.17) is 18.9 Å². The summed E-state index contributed by atoms with van der Waals surface area (Å²) in [6.07, 6.45) is 15.7. The second-order valence-corrected chi connectivity index (χ2v) is 21.1. The highest BCUT2D eigenvalue weighted by Crippen LogP contribution is 2.45. The highest BCUT2D eigenvalue weighted by Gasteiger charge is 2.35. The smallest absolute Gasteiger partial charge is 0.407 e. The molecule has 4 atom stereocenters. The Kier molecular flexibility index (Phi) is 16.4. The van der Waals surface area contributed by atoms with Gasteiger partial charge in [-0.2, -0.15) is 10.2 Å². The minimum atomic E-state index is -0.488. The number of aromatic nitrogens is 4. The Hall–Kier alpha value is -5.66. The number of hydrogen-bond acceptors (Lipinski definition) is 10. The van der Waals surface area contributed by atoms with Crippen molar-refractivity contribution < 1.29 is 38.1 Å². The molecule has 2 amide bonds. The van der Waals surface area contributed by atoms with Crippen LogP contribution in [0.5, 0.6) is 0 Å². The molecule has 368 valence electrons. The summed E-state index contributed by atoms with van der Waals surface area (Å²) in [6, 6.07) is 17.1. The first-order valence-corrected chi connectivity index (χ1v) is 25.1. The van der Waals surface area contributed by atoms with Crippen LogP contribution in [0.4, 0.5) is 9.59 Å². The maximum absolute atomic E-state index is 12.5. The van der Waals surface area contributed by atoms with Crippen LogP contribution in [0.25, 0.3) is 11.4 Å². The first-order chi connectivity index (χ1) is 32.5. The number of nitrogens with zero attached hydrogens (tertiary/aromatic N) is 4. The first kappa shape index (κ1) is 50.2. The average Bonchev–Trinajstić information content (AvgIpc) is 4.24. The number of nitrogens with one attached hydrogen (secondary N) is 2. The van der Waals surface area contributed by atoms with Gasteiger partial charge in [0.25, 0.3) is 0 Å². The monoisotopic (exact) mass is 935 g/mol. The fourth-order valence-corrected chi connectivity index (χ4v) is 9.82. The third kappa shape index (κ3) is 13.7. The normalized spacial score (nSPS) is 20.6. The molecule has 0 spiro atoms. The van der Waals surface area contributed by atoms with Gasteiger partial charge in [-0.15, -0.1) is 0 Å². The Morgan fingerprint density at radius 3 is 1.32 bits per heavy atom. The third-order valence-corrected chi connectivity index (χ3v) is 13.1. The van der Waals surface area contributed by atoms with Crippen LogP contribution in [-0.4, -0.2) is 81.2 Å². The molecule has 4 aromatic rings. The van der Waals surface area contributed by atoms with Crippen molar-refractivity contribution >= 4 is 24.1 Å². The Balaban J connectivity index is 0.000000201. The molecule has 4 saturated carbocycles. The Bertz CT molecular complexity index is 2200. The van der Waals surface area contributed by atoms with Gasteiger partial charge in [0.1, 0.15) is 22.3 Å². The molecule has 2 aromatic carbocycles. The molecule has 4 aliphatic rings. The van der Waals surface area contributed by atoms with Crippen molar-refractivity contribution in [3.05, 3.63) is 94.6 Å². The molecule has 14 heteroatoms. The van der Waals surface area contributed by atoms with Crippen molar-refractivity contribution in [1.82, 2.24) is 30.2 Å². The Morgan fingerprint density at radius 1 is 0.574 bits per heavy atom. The zero-order valence-corrected chi connectivity index (χ0v) is 41.6. The number of amides is 2. The van der Waals surface area contributed by atoms with Gasteiger partial charge >= 0.3 is 24.1 Å². The number of carbonyl (C=O) groups is 4. The molecule has 4 aliphatic carbocycles. The van der Waals surface area contributed by atoms with Crippen molar-refractivity contribution in [2.45, 2.75) is 167 Å². The van der Waals surface area contributed by atoms with Crippen LogP contribution in [0.1, 0.15) is 199 Å². The topological polar surface area (TPSA) is 165 Å². The summed E-state index contributed by atoms with van der Waals surface area (Å²) in [7, 11) is 0. The second kappa shape index (κ2) is 22.2. The van der Waals surface area contributed by atoms with E-state index in [9.17, 15) is 19.2 Å². The molecular formula is C54H74N6O8. The van der Waals surface area contributed by atoms with Crippen LogP contribution in [0.2, 0.25) is 0 Å². The van der Waals surface area contributed by atoms with Crippen molar-refractivity contribution in [2.75, 3.05) is 26.3 Å². The van der Waals surface area contributed by atoms with Gasteiger partial charge in [0.2, 0.25) is 0 Å². The molecule has 4 fully saturated rings. The largest absolute Gasteiger partial charge is 0.462 e. The van der Waals surface area contributed by atoms with E-state index in [0.29, 0.717) is 72.9 Å². The van der Waals surface area contributed by atoms with E-state index in [1.165, 1.54) is 11.1 Å².